The van der Waals surface area contributed by atoms with Crippen molar-refractivity contribution in [2.24, 2.45) is 4.99 Å². The maximum atomic E-state index is 13.4. The van der Waals surface area contributed by atoms with Gasteiger partial charge in [0.1, 0.15) is 5.82 Å². The maximum absolute atomic E-state index is 13.4. The van der Waals surface area contributed by atoms with E-state index >= 15 is 0 Å². The van der Waals surface area contributed by atoms with E-state index in [0.29, 0.717) is 13.1 Å². The van der Waals surface area contributed by atoms with Crippen LogP contribution in [0.3, 0.4) is 0 Å². The van der Waals surface area contributed by atoms with Gasteiger partial charge in [-0.05, 0) is 28.8 Å². The molecule has 0 unspecified atom stereocenters. The van der Waals surface area contributed by atoms with Crippen molar-refractivity contribution in [3.63, 3.8) is 0 Å². The van der Waals surface area contributed by atoms with Crippen molar-refractivity contribution in [2.45, 2.75) is 19.6 Å². The third kappa shape index (κ3) is 7.56. The molecule has 0 aliphatic carbocycles. The van der Waals surface area contributed by atoms with Crippen LogP contribution in [-0.4, -0.2) is 56.2 Å². The van der Waals surface area contributed by atoms with Crippen molar-refractivity contribution in [2.75, 3.05) is 40.4 Å². The van der Waals surface area contributed by atoms with Crippen LogP contribution in [0.5, 0.6) is 0 Å². The van der Waals surface area contributed by atoms with Gasteiger partial charge in [0.05, 0.1) is 13.2 Å². The number of morpholine rings is 1. The number of hydrogen-bond donors (Lipinski definition) is 1. The highest BCUT2D eigenvalue weighted by molar-refractivity contribution is 14.0. The van der Waals surface area contributed by atoms with Crippen molar-refractivity contribution in [1.29, 1.82) is 0 Å². The molecule has 1 N–H and O–H groups in total. The zero-order chi connectivity index (χ0) is 19.8. The SMILES string of the molecule is CN=C(NCc1cccc(CN2CCOCC2)c1)N(C)Cc1cccc(F)c1.I. The lowest BCUT2D eigenvalue weighted by Gasteiger charge is -2.26. The van der Waals surface area contributed by atoms with E-state index in [-0.39, 0.29) is 29.8 Å². The molecular weight excluding hydrogens is 482 g/mol. The summed E-state index contributed by atoms with van der Waals surface area (Å²) in [5.74, 6) is 0.564. The molecule has 0 bridgehead atoms. The van der Waals surface area contributed by atoms with E-state index in [1.807, 2.05) is 18.0 Å². The largest absolute Gasteiger partial charge is 0.379 e. The normalized spacial score (nSPS) is 14.9. The van der Waals surface area contributed by atoms with E-state index in [2.05, 4.69) is 39.5 Å². The average molecular weight is 512 g/mol. The average Bonchev–Trinajstić information content (AvgIpc) is 2.69. The molecule has 2 aromatic carbocycles. The van der Waals surface area contributed by atoms with Crippen LogP contribution in [0.2, 0.25) is 0 Å². The first kappa shape index (κ1) is 23.6. The van der Waals surface area contributed by atoms with Gasteiger partial charge in [0.15, 0.2) is 5.96 Å². The van der Waals surface area contributed by atoms with Crippen LogP contribution in [0.4, 0.5) is 4.39 Å². The van der Waals surface area contributed by atoms with Crippen molar-refractivity contribution in [3.8, 4) is 0 Å². The number of ether oxygens (including phenoxy) is 1. The molecule has 1 fully saturated rings. The Bertz CT molecular complexity index is 796. The number of aliphatic imine (C=N–C) groups is 1. The minimum absolute atomic E-state index is 0. The summed E-state index contributed by atoms with van der Waals surface area (Å²) in [6.07, 6.45) is 0. The van der Waals surface area contributed by atoms with E-state index in [0.717, 1.165) is 44.4 Å². The Morgan fingerprint density at radius 2 is 1.79 bits per heavy atom. The highest BCUT2D eigenvalue weighted by Crippen LogP contribution is 2.11. The molecule has 1 aliphatic rings. The van der Waals surface area contributed by atoms with Crippen molar-refractivity contribution < 1.29 is 9.13 Å². The first-order valence-corrected chi connectivity index (χ1v) is 9.68. The Labute approximate surface area is 190 Å². The number of rotatable bonds is 6. The van der Waals surface area contributed by atoms with Gasteiger partial charge in [0.2, 0.25) is 0 Å². The summed E-state index contributed by atoms with van der Waals surface area (Å²) >= 11 is 0. The summed E-state index contributed by atoms with van der Waals surface area (Å²) in [5, 5.41) is 3.40. The lowest BCUT2D eigenvalue weighted by Crippen LogP contribution is -2.38. The van der Waals surface area contributed by atoms with Crippen LogP contribution in [0.1, 0.15) is 16.7 Å². The van der Waals surface area contributed by atoms with E-state index in [4.69, 9.17) is 4.74 Å². The molecule has 5 nitrogen and oxygen atoms in total. The summed E-state index contributed by atoms with van der Waals surface area (Å²) < 4.78 is 18.8. The van der Waals surface area contributed by atoms with Crippen molar-refractivity contribution in [3.05, 3.63) is 71.0 Å². The van der Waals surface area contributed by atoms with Crippen LogP contribution >= 0.6 is 24.0 Å². The molecule has 2 aromatic rings. The molecule has 0 amide bonds. The molecule has 7 heteroatoms. The first-order valence-electron chi connectivity index (χ1n) is 9.68. The Balaban J connectivity index is 0.00000300. The van der Waals surface area contributed by atoms with Gasteiger partial charge in [-0.15, -0.1) is 24.0 Å². The topological polar surface area (TPSA) is 40.1 Å². The molecule has 0 atom stereocenters. The van der Waals surface area contributed by atoms with Gasteiger partial charge in [-0.3, -0.25) is 9.89 Å². The number of benzene rings is 2. The number of nitrogens with one attached hydrogen (secondary N) is 1. The second-order valence-corrected chi connectivity index (χ2v) is 7.10. The standard InChI is InChI=1S/C22H29FN4O.HI/c1-24-22(26(2)16-20-7-4-8-21(23)14-20)25-15-18-5-3-6-19(13-18)17-27-9-11-28-12-10-27;/h3-8,13-14H,9-12,15-17H2,1-2H3,(H,24,25);1H. The van der Waals surface area contributed by atoms with Gasteiger partial charge >= 0.3 is 0 Å². The summed E-state index contributed by atoms with van der Waals surface area (Å²) in [4.78, 5) is 8.76. The summed E-state index contributed by atoms with van der Waals surface area (Å²) in [6, 6.07) is 15.3. The van der Waals surface area contributed by atoms with Crippen molar-refractivity contribution >= 4 is 29.9 Å². The zero-order valence-corrected chi connectivity index (χ0v) is 19.4. The Morgan fingerprint density at radius 1 is 1.10 bits per heavy atom. The predicted octanol–water partition coefficient (Wildman–Crippen LogP) is 3.48. The molecule has 0 saturated carbocycles. The lowest BCUT2D eigenvalue weighted by atomic mass is 10.1. The zero-order valence-electron chi connectivity index (χ0n) is 17.1. The lowest BCUT2D eigenvalue weighted by molar-refractivity contribution is 0.0342. The van der Waals surface area contributed by atoms with Crippen LogP contribution in [0, 0.1) is 5.82 Å². The number of halogens is 2. The monoisotopic (exact) mass is 512 g/mol. The molecule has 0 spiro atoms. The molecule has 0 radical (unpaired) electrons. The third-order valence-corrected chi connectivity index (χ3v) is 4.83. The number of nitrogens with zero attached hydrogens (tertiary/aromatic N) is 3. The molecular formula is C22H30FIN4O. The number of hydrogen-bond acceptors (Lipinski definition) is 3. The Hall–Kier alpha value is -1.71. The second kappa shape index (κ2) is 12.1. The first-order chi connectivity index (χ1) is 13.6. The Morgan fingerprint density at radius 3 is 2.52 bits per heavy atom. The molecule has 1 aliphatic heterocycles. The number of guanidine groups is 1. The van der Waals surface area contributed by atoms with Gasteiger partial charge in [0, 0.05) is 46.8 Å². The predicted molar refractivity (Wildman–Crippen MR) is 126 cm³/mol. The molecule has 158 valence electrons. The summed E-state index contributed by atoms with van der Waals surface area (Å²) in [6.45, 7) is 5.83. The second-order valence-electron chi connectivity index (χ2n) is 7.10. The van der Waals surface area contributed by atoms with Crippen molar-refractivity contribution in [1.82, 2.24) is 15.1 Å². The molecule has 1 heterocycles. The van der Waals surface area contributed by atoms with Gasteiger partial charge in [-0.25, -0.2) is 4.39 Å². The van der Waals surface area contributed by atoms with Gasteiger partial charge in [0.25, 0.3) is 0 Å². The van der Waals surface area contributed by atoms with E-state index in [1.165, 1.54) is 17.2 Å². The molecule has 1 saturated heterocycles. The fourth-order valence-electron chi connectivity index (χ4n) is 3.41. The minimum atomic E-state index is -0.217. The van der Waals surface area contributed by atoms with E-state index in [9.17, 15) is 4.39 Å². The fourth-order valence-corrected chi connectivity index (χ4v) is 3.41. The molecule has 3 rings (SSSR count). The van der Waals surface area contributed by atoms with Gasteiger partial charge < -0.3 is 15.0 Å². The highest BCUT2D eigenvalue weighted by Gasteiger charge is 2.11. The summed E-state index contributed by atoms with van der Waals surface area (Å²) in [7, 11) is 3.72. The van der Waals surface area contributed by atoms with Crippen LogP contribution in [0.25, 0.3) is 0 Å². The smallest absolute Gasteiger partial charge is 0.193 e. The van der Waals surface area contributed by atoms with Crippen LogP contribution in [-0.2, 0) is 24.4 Å². The fraction of sp³-hybridized carbons (Fsp3) is 0.409. The van der Waals surface area contributed by atoms with E-state index in [1.54, 1.807) is 19.2 Å². The molecule has 29 heavy (non-hydrogen) atoms. The Kier molecular flexibility index (Phi) is 9.83. The van der Waals surface area contributed by atoms with Crippen LogP contribution < -0.4 is 5.32 Å². The quantitative estimate of drug-likeness (QED) is 0.366. The molecule has 0 aromatic heterocycles. The van der Waals surface area contributed by atoms with Gasteiger partial charge in [-0.2, -0.15) is 0 Å². The van der Waals surface area contributed by atoms with E-state index < -0.39 is 0 Å². The minimum Gasteiger partial charge on any atom is -0.379 e. The van der Waals surface area contributed by atoms with Crippen LogP contribution in [0.15, 0.2) is 53.5 Å². The third-order valence-electron chi connectivity index (χ3n) is 4.83. The van der Waals surface area contributed by atoms with Gasteiger partial charge in [-0.1, -0.05) is 36.4 Å². The highest BCUT2D eigenvalue weighted by atomic mass is 127. The maximum Gasteiger partial charge on any atom is 0.193 e. The summed E-state index contributed by atoms with van der Waals surface area (Å²) in [5.41, 5.74) is 3.44.